The zero-order chi connectivity index (χ0) is 10.7. The summed E-state index contributed by atoms with van der Waals surface area (Å²) in [4.78, 5) is 10.1. The zero-order valence-corrected chi connectivity index (χ0v) is 8.90. The average Bonchev–Trinajstić information content (AvgIpc) is 2.17. The molecule has 14 heavy (non-hydrogen) atoms. The van der Waals surface area contributed by atoms with Crippen LogP contribution in [0.4, 0.5) is 5.69 Å². The fourth-order valence-corrected chi connectivity index (χ4v) is 1.40. The normalized spacial score (nSPS) is 12.1. The van der Waals surface area contributed by atoms with E-state index in [4.69, 9.17) is 5.73 Å². The molecule has 1 aromatic carbocycles. The van der Waals surface area contributed by atoms with E-state index in [9.17, 15) is 10.1 Å². The van der Waals surface area contributed by atoms with E-state index >= 15 is 0 Å². The Bertz CT molecular complexity index is 379. The van der Waals surface area contributed by atoms with Crippen LogP contribution < -0.4 is 5.73 Å². The number of nitro groups is 1. The van der Waals surface area contributed by atoms with Gasteiger partial charge in [-0.2, -0.15) is 0 Å². The van der Waals surface area contributed by atoms with Crippen LogP contribution in [0.3, 0.4) is 0 Å². The molecule has 0 aliphatic rings. The minimum absolute atomic E-state index is 0.0137. The molecular formula is C9H9BrN2O2. The zero-order valence-electron chi connectivity index (χ0n) is 7.31. The van der Waals surface area contributed by atoms with Gasteiger partial charge in [-0.05, 0) is 27.6 Å². The molecule has 0 unspecified atom stereocenters. The molecule has 0 aliphatic heterocycles. The van der Waals surface area contributed by atoms with Gasteiger partial charge < -0.3 is 5.73 Å². The minimum atomic E-state index is -0.455. The first-order chi connectivity index (χ1) is 6.56. The number of nitrogens with two attached hydrogens (primary N) is 1. The Balaban J connectivity index is 3.19. The van der Waals surface area contributed by atoms with Gasteiger partial charge in [-0.25, -0.2) is 0 Å². The first-order valence-corrected chi connectivity index (χ1v) is 4.67. The van der Waals surface area contributed by atoms with Gasteiger partial charge >= 0.3 is 0 Å². The molecule has 0 spiro atoms. The van der Waals surface area contributed by atoms with Crippen LogP contribution in [0.25, 0.3) is 0 Å². The van der Waals surface area contributed by atoms with Gasteiger partial charge in [0.05, 0.1) is 9.40 Å². The monoisotopic (exact) mass is 256 g/mol. The third-order valence-corrected chi connectivity index (χ3v) is 2.48. The Morgan fingerprint density at radius 2 is 2.29 bits per heavy atom. The van der Waals surface area contributed by atoms with Gasteiger partial charge in [-0.1, -0.05) is 12.1 Å². The van der Waals surface area contributed by atoms with Crippen molar-refractivity contribution in [2.24, 2.45) is 5.73 Å². The molecule has 74 valence electrons. The molecule has 4 nitrogen and oxygen atoms in total. The van der Waals surface area contributed by atoms with Crippen molar-refractivity contribution in [3.05, 3.63) is 51.0 Å². The Morgan fingerprint density at radius 3 is 2.79 bits per heavy atom. The van der Waals surface area contributed by atoms with E-state index in [1.165, 1.54) is 12.1 Å². The second-order valence-electron chi connectivity index (χ2n) is 2.73. The predicted octanol–water partition coefficient (Wildman–Crippen LogP) is 2.54. The molecule has 5 heteroatoms. The second-order valence-corrected chi connectivity index (χ2v) is 3.58. The average molecular weight is 257 g/mol. The summed E-state index contributed by atoms with van der Waals surface area (Å²) in [6.45, 7) is 3.53. The van der Waals surface area contributed by atoms with Crippen molar-refractivity contribution in [1.82, 2.24) is 0 Å². The molecule has 0 saturated carbocycles. The van der Waals surface area contributed by atoms with E-state index in [0.717, 1.165) is 0 Å². The van der Waals surface area contributed by atoms with Crippen LogP contribution in [0.15, 0.2) is 35.3 Å². The molecule has 1 atom stereocenters. The topological polar surface area (TPSA) is 69.2 Å². The van der Waals surface area contributed by atoms with Crippen LogP contribution >= 0.6 is 15.9 Å². The summed E-state index contributed by atoms with van der Waals surface area (Å²) in [5, 5.41) is 10.6. The lowest BCUT2D eigenvalue weighted by atomic mass is 10.1. The molecule has 0 amide bonds. The van der Waals surface area contributed by atoms with Gasteiger partial charge in [-0.3, -0.25) is 10.1 Å². The molecular weight excluding hydrogens is 248 g/mol. The maximum Gasteiger partial charge on any atom is 0.283 e. The molecule has 0 heterocycles. The molecule has 0 aromatic heterocycles. The Labute approximate surface area is 89.7 Å². The third kappa shape index (κ3) is 2.18. The number of rotatable bonds is 3. The highest BCUT2D eigenvalue weighted by Gasteiger charge is 2.13. The molecule has 1 aromatic rings. The first kappa shape index (κ1) is 10.9. The third-order valence-electron chi connectivity index (χ3n) is 1.81. The standard InChI is InChI=1S/C9H9BrN2O2/c1-2-8(11)6-3-4-7(10)9(5-6)12(13)14/h2-5,8H,1,11H2/t8-/m1/s1. The lowest BCUT2D eigenvalue weighted by Gasteiger charge is -2.06. The maximum absolute atomic E-state index is 10.6. The van der Waals surface area contributed by atoms with E-state index in [2.05, 4.69) is 22.5 Å². The first-order valence-electron chi connectivity index (χ1n) is 3.88. The summed E-state index contributed by atoms with van der Waals surface area (Å²) >= 11 is 3.09. The minimum Gasteiger partial charge on any atom is -0.321 e. The highest BCUT2D eigenvalue weighted by molar-refractivity contribution is 9.10. The summed E-state index contributed by atoms with van der Waals surface area (Å²) < 4.78 is 0.447. The summed E-state index contributed by atoms with van der Waals surface area (Å²) in [7, 11) is 0. The van der Waals surface area contributed by atoms with E-state index in [0.29, 0.717) is 10.0 Å². The van der Waals surface area contributed by atoms with Crippen LogP contribution in [0.1, 0.15) is 11.6 Å². The van der Waals surface area contributed by atoms with Crippen molar-refractivity contribution in [2.75, 3.05) is 0 Å². The van der Waals surface area contributed by atoms with E-state index in [1.54, 1.807) is 12.1 Å². The van der Waals surface area contributed by atoms with Crippen LogP contribution in [-0.2, 0) is 0 Å². The van der Waals surface area contributed by atoms with Crippen LogP contribution in [-0.4, -0.2) is 4.92 Å². The van der Waals surface area contributed by atoms with Crippen molar-refractivity contribution in [3.8, 4) is 0 Å². The van der Waals surface area contributed by atoms with E-state index in [1.807, 2.05) is 0 Å². The quantitative estimate of drug-likeness (QED) is 0.514. The van der Waals surface area contributed by atoms with Gasteiger partial charge in [0.15, 0.2) is 0 Å². The van der Waals surface area contributed by atoms with Crippen molar-refractivity contribution >= 4 is 21.6 Å². The number of hydrogen-bond donors (Lipinski definition) is 1. The summed E-state index contributed by atoms with van der Waals surface area (Å²) in [5.41, 5.74) is 6.35. The molecule has 0 aliphatic carbocycles. The molecule has 0 fully saturated rings. The van der Waals surface area contributed by atoms with Crippen LogP contribution in [0.2, 0.25) is 0 Å². The lowest BCUT2D eigenvalue weighted by molar-refractivity contribution is -0.385. The summed E-state index contributed by atoms with van der Waals surface area (Å²) in [5.74, 6) is 0. The number of nitrogens with zero attached hydrogens (tertiary/aromatic N) is 1. The van der Waals surface area contributed by atoms with Crippen LogP contribution in [0, 0.1) is 10.1 Å². The molecule has 0 radical (unpaired) electrons. The summed E-state index contributed by atoms with van der Waals surface area (Å²) in [6.07, 6.45) is 1.53. The smallest absolute Gasteiger partial charge is 0.283 e. The molecule has 1 rings (SSSR count). The Morgan fingerprint density at radius 1 is 1.64 bits per heavy atom. The van der Waals surface area contributed by atoms with Gasteiger partial charge in [0.1, 0.15) is 0 Å². The Hall–Kier alpha value is -1.20. The predicted molar refractivity (Wildman–Crippen MR) is 57.9 cm³/mol. The van der Waals surface area contributed by atoms with Gasteiger partial charge in [0.25, 0.3) is 5.69 Å². The second kappa shape index (κ2) is 4.34. The van der Waals surface area contributed by atoms with Gasteiger partial charge in [0, 0.05) is 12.1 Å². The number of hydrogen-bond acceptors (Lipinski definition) is 3. The fraction of sp³-hybridized carbons (Fsp3) is 0.111. The molecule has 0 bridgehead atoms. The number of benzene rings is 1. The van der Waals surface area contributed by atoms with Crippen molar-refractivity contribution in [3.63, 3.8) is 0 Å². The molecule has 2 N–H and O–H groups in total. The lowest BCUT2D eigenvalue weighted by Crippen LogP contribution is -2.06. The maximum atomic E-state index is 10.6. The summed E-state index contributed by atoms with van der Waals surface area (Å²) in [6, 6.07) is 4.40. The van der Waals surface area contributed by atoms with Crippen LogP contribution in [0.5, 0.6) is 0 Å². The Kier molecular flexibility index (Phi) is 3.38. The largest absolute Gasteiger partial charge is 0.321 e. The highest BCUT2D eigenvalue weighted by atomic mass is 79.9. The van der Waals surface area contributed by atoms with Crippen molar-refractivity contribution in [1.29, 1.82) is 0 Å². The van der Waals surface area contributed by atoms with Crippen molar-refractivity contribution < 1.29 is 4.92 Å². The highest BCUT2D eigenvalue weighted by Crippen LogP contribution is 2.27. The van der Waals surface area contributed by atoms with E-state index < -0.39 is 4.92 Å². The van der Waals surface area contributed by atoms with Gasteiger partial charge in [-0.15, -0.1) is 6.58 Å². The van der Waals surface area contributed by atoms with Crippen molar-refractivity contribution in [2.45, 2.75) is 6.04 Å². The molecule has 0 saturated heterocycles. The van der Waals surface area contributed by atoms with Gasteiger partial charge in [0.2, 0.25) is 0 Å². The number of nitro benzene ring substituents is 1. The fourth-order valence-electron chi connectivity index (χ4n) is 1.01. The number of halogens is 1. The van der Waals surface area contributed by atoms with E-state index in [-0.39, 0.29) is 11.7 Å². The SMILES string of the molecule is C=C[C@@H](N)c1ccc(Br)c([N+](=O)[O-])c1.